The van der Waals surface area contributed by atoms with E-state index in [9.17, 15) is 4.79 Å². The van der Waals surface area contributed by atoms with Crippen molar-refractivity contribution in [2.24, 2.45) is 5.73 Å². The molecule has 1 rings (SSSR count). The maximum absolute atomic E-state index is 10.9. The molecular formula is C7H14N2OS. The van der Waals surface area contributed by atoms with Gasteiger partial charge in [0, 0.05) is 18.1 Å². The number of amides is 1. The van der Waals surface area contributed by atoms with Gasteiger partial charge in [-0.15, -0.1) is 0 Å². The molecule has 0 aromatic carbocycles. The molecule has 0 radical (unpaired) electrons. The van der Waals surface area contributed by atoms with Gasteiger partial charge in [0.25, 0.3) is 0 Å². The molecule has 1 aliphatic rings. The molecular weight excluding hydrogens is 160 g/mol. The highest BCUT2D eigenvalue weighted by Gasteiger charge is 2.25. The molecule has 1 saturated heterocycles. The molecule has 1 heterocycles. The number of hydrogen-bond acceptors (Lipinski definition) is 3. The number of carbonyl (C=O) groups is 1. The third-order valence-corrected chi connectivity index (χ3v) is 3.00. The van der Waals surface area contributed by atoms with Crippen LogP contribution >= 0.6 is 11.8 Å². The van der Waals surface area contributed by atoms with Gasteiger partial charge >= 0.3 is 0 Å². The van der Waals surface area contributed by atoms with E-state index in [0.717, 1.165) is 24.6 Å². The molecule has 0 saturated carbocycles. The van der Waals surface area contributed by atoms with Crippen LogP contribution in [0.1, 0.15) is 6.92 Å². The van der Waals surface area contributed by atoms with Gasteiger partial charge in [-0.2, -0.15) is 11.8 Å². The summed E-state index contributed by atoms with van der Waals surface area (Å²) < 4.78 is 0. The fourth-order valence-electron chi connectivity index (χ4n) is 1.28. The molecule has 0 aliphatic carbocycles. The Hall–Kier alpha value is -0.220. The van der Waals surface area contributed by atoms with Crippen molar-refractivity contribution in [3.8, 4) is 0 Å². The summed E-state index contributed by atoms with van der Waals surface area (Å²) in [6.45, 7) is 3.98. The second-order valence-electron chi connectivity index (χ2n) is 2.62. The fraction of sp³-hybridized carbons (Fsp3) is 0.857. The van der Waals surface area contributed by atoms with Crippen LogP contribution in [-0.2, 0) is 4.79 Å². The topological polar surface area (TPSA) is 46.3 Å². The summed E-state index contributed by atoms with van der Waals surface area (Å²) in [5.74, 6) is 1.81. The van der Waals surface area contributed by atoms with Crippen molar-refractivity contribution in [3.05, 3.63) is 0 Å². The van der Waals surface area contributed by atoms with Crippen molar-refractivity contribution in [2.45, 2.75) is 13.0 Å². The summed E-state index contributed by atoms with van der Waals surface area (Å²) in [6.07, 6.45) is 0. The van der Waals surface area contributed by atoms with E-state index in [1.54, 1.807) is 0 Å². The first-order valence-corrected chi connectivity index (χ1v) is 5.02. The van der Waals surface area contributed by atoms with Gasteiger partial charge < -0.3 is 5.73 Å². The highest BCUT2D eigenvalue weighted by atomic mass is 32.2. The molecule has 0 aromatic rings. The number of thioether (sulfide) groups is 1. The number of primary amides is 1. The molecule has 1 atom stereocenters. The molecule has 0 aromatic heterocycles. The van der Waals surface area contributed by atoms with Crippen molar-refractivity contribution in [1.82, 2.24) is 4.90 Å². The number of hydrogen-bond donors (Lipinski definition) is 1. The number of carbonyl (C=O) groups excluding carboxylic acids is 1. The lowest BCUT2D eigenvalue weighted by Crippen LogP contribution is -2.49. The van der Waals surface area contributed by atoms with E-state index in [1.165, 1.54) is 0 Å². The smallest absolute Gasteiger partial charge is 0.235 e. The summed E-state index contributed by atoms with van der Waals surface area (Å²) in [6, 6.07) is -0.0289. The third kappa shape index (κ3) is 2.10. The van der Waals surface area contributed by atoms with E-state index in [2.05, 4.69) is 11.8 Å². The number of nitrogens with two attached hydrogens (primary N) is 1. The maximum Gasteiger partial charge on any atom is 0.235 e. The minimum absolute atomic E-state index is 0.0289. The van der Waals surface area contributed by atoms with E-state index in [1.807, 2.05) is 11.8 Å². The SMILES string of the molecule is CCN1CCSC[C@H]1C(N)=O. The lowest BCUT2D eigenvalue weighted by molar-refractivity contribution is -0.122. The minimum atomic E-state index is -0.181. The molecule has 11 heavy (non-hydrogen) atoms. The van der Waals surface area contributed by atoms with Gasteiger partial charge in [0.05, 0.1) is 6.04 Å². The van der Waals surface area contributed by atoms with Crippen LogP contribution in [0.25, 0.3) is 0 Å². The van der Waals surface area contributed by atoms with Gasteiger partial charge in [-0.05, 0) is 6.54 Å². The van der Waals surface area contributed by atoms with Crippen molar-refractivity contribution in [1.29, 1.82) is 0 Å². The van der Waals surface area contributed by atoms with Gasteiger partial charge in [0.2, 0.25) is 5.91 Å². The summed E-state index contributed by atoms with van der Waals surface area (Å²) in [4.78, 5) is 13.0. The molecule has 64 valence electrons. The van der Waals surface area contributed by atoms with Gasteiger partial charge in [-0.1, -0.05) is 6.92 Å². The monoisotopic (exact) mass is 174 g/mol. The Morgan fingerprint density at radius 1 is 1.82 bits per heavy atom. The second-order valence-corrected chi connectivity index (χ2v) is 3.77. The first kappa shape index (κ1) is 8.87. The van der Waals surface area contributed by atoms with Crippen LogP contribution in [0.3, 0.4) is 0 Å². The van der Waals surface area contributed by atoms with Crippen LogP contribution in [0.15, 0.2) is 0 Å². The summed E-state index contributed by atoms with van der Waals surface area (Å²) >= 11 is 1.81. The van der Waals surface area contributed by atoms with E-state index in [0.29, 0.717) is 0 Å². The fourth-order valence-corrected chi connectivity index (χ4v) is 2.41. The van der Waals surface area contributed by atoms with Crippen molar-refractivity contribution >= 4 is 17.7 Å². The van der Waals surface area contributed by atoms with Crippen LogP contribution in [0, 0.1) is 0 Å². The molecule has 1 fully saturated rings. The zero-order valence-electron chi connectivity index (χ0n) is 6.75. The molecule has 1 amide bonds. The zero-order valence-corrected chi connectivity index (χ0v) is 7.56. The summed E-state index contributed by atoms with van der Waals surface area (Å²) in [5, 5.41) is 0. The lowest BCUT2D eigenvalue weighted by Gasteiger charge is -2.31. The first-order chi connectivity index (χ1) is 5.25. The minimum Gasteiger partial charge on any atom is -0.368 e. The van der Waals surface area contributed by atoms with Crippen LogP contribution < -0.4 is 5.73 Å². The lowest BCUT2D eigenvalue weighted by atomic mass is 10.2. The van der Waals surface area contributed by atoms with Gasteiger partial charge in [0.15, 0.2) is 0 Å². The number of nitrogens with zero attached hydrogens (tertiary/aromatic N) is 1. The van der Waals surface area contributed by atoms with Crippen molar-refractivity contribution < 1.29 is 4.79 Å². The Labute approximate surface area is 71.3 Å². The van der Waals surface area contributed by atoms with Gasteiger partial charge in [0.1, 0.15) is 0 Å². The average Bonchev–Trinajstić information content (AvgIpc) is 2.04. The van der Waals surface area contributed by atoms with Crippen LogP contribution in [0.2, 0.25) is 0 Å². The summed E-state index contributed by atoms with van der Waals surface area (Å²) in [7, 11) is 0. The quantitative estimate of drug-likeness (QED) is 0.636. The average molecular weight is 174 g/mol. The van der Waals surface area contributed by atoms with Crippen molar-refractivity contribution in [2.75, 3.05) is 24.6 Å². The predicted molar refractivity (Wildman–Crippen MR) is 47.6 cm³/mol. The van der Waals surface area contributed by atoms with E-state index < -0.39 is 0 Å². The first-order valence-electron chi connectivity index (χ1n) is 3.86. The summed E-state index contributed by atoms with van der Waals surface area (Å²) in [5.41, 5.74) is 5.24. The Kier molecular flexibility index (Phi) is 3.20. The van der Waals surface area contributed by atoms with E-state index in [-0.39, 0.29) is 11.9 Å². The zero-order chi connectivity index (χ0) is 8.27. The number of likely N-dealkylation sites (N-methyl/N-ethyl adjacent to an activating group) is 1. The van der Waals surface area contributed by atoms with Crippen molar-refractivity contribution in [3.63, 3.8) is 0 Å². The van der Waals surface area contributed by atoms with Gasteiger partial charge in [-0.3, -0.25) is 9.69 Å². The molecule has 0 bridgehead atoms. The van der Waals surface area contributed by atoms with Gasteiger partial charge in [-0.25, -0.2) is 0 Å². The molecule has 2 N–H and O–H groups in total. The van der Waals surface area contributed by atoms with Crippen LogP contribution in [-0.4, -0.2) is 41.4 Å². The Balaban J connectivity index is 2.51. The van der Waals surface area contributed by atoms with E-state index in [4.69, 9.17) is 5.73 Å². The molecule has 3 nitrogen and oxygen atoms in total. The second kappa shape index (κ2) is 3.97. The third-order valence-electron chi connectivity index (χ3n) is 1.97. The normalized spacial score (nSPS) is 26.8. The maximum atomic E-state index is 10.9. The van der Waals surface area contributed by atoms with Crippen LogP contribution in [0.4, 0.5) is 0 Å². The van der Waals surface area contributed by atoms with Crippen LogP contribution in [0.5, 0.6) is 0 Å². The van der Waals surface area contributed by atoms with E-state index >= 15 is 0 Å². The molecule has 1 aliphatic heterocycles. The standard InChI is InChI=1S/C7H14N2OS/c1-2-9-3-4-11-5-6(9)7(8)10/h6H,2-5H2,1H3,(H2,8,10)/t6-/m0/s1. The Morgan fingerprint density at radius 2 is 2.55 bits per heavy atom. The highest BCUT2D eigenvalue weighted by molar-refractivity contribution is 7.99. The Bertz CT molecular complexity index is 151. The largest absolute Gasteiger partial charge is 0.368 e. The molecule has 0 unspecified atom stereocenters. The molecule has 0 spiro atoms. The Morgan fingerprint density at radius 3 is 3.00 bits per heavy atom. The molecule has 4 heteroatoms. The highest BCUT2D eigenvalue weighted by Crippen LogP contribution is 2.15. The number of rotatable bonds is 2. The predicted octanol–water partition coefficient (Wildman–Crippen LogP) is -0.0910.